The van der Waals surface area contributed by atoms with Crippen LogP contribution in [0.1, 0.15) is 69.9 Å². The first-order chi connectivity index (χ1) is 14.0. The zero-order valence-electron chi connectivity index (χ0n) is 19.3. The molecule has 0 unspecified atom stereocenters. The molecule has 0 bridgehead atoms. The van der Waals surface area contributed by atoms with Crippen LogP contribution in [0.3, 0.4) is 0 Å². The topological polar surface area (TPSA) is 52.6 Å². The first-order valence-corrected chi connectivity index (χ1v) is 15.0. The van der Waals surface area contributed by atoms with Crippen molar-refractivity contribution in [1.82, 2.24) is 0 Å². The van der Waals surface area contributed by atoms with Crippen molar-refractivity contribution in [2.24, 2.45) is 17.3 Å². The average molecular weight is 429 g/mol. The molecule has 2 saturated carbocycles. The molecule has 0 amide bonds. The Hall–Kier alpha value is -1.62. The van der Waals surface area contributed by atoms with E-state index in [2.05, 4.69) is 38.7 Å². The second-order valence-electron chi connectivity index (χ2n) is 11.0. The summed E-state index contributed by atoms with van der Waals surface area (Å²) in [5.41, 5.74) is 2.98. The van der Waals surface area contributed by atoms with E-state index in [1.165, 1.54) is 36.6 Å². The van der Waals surface area contributed by atoms with E-state index >= 15 is 0 Å². The molecule has 30 heavy (non-hydrogen) atoms. The molecule has 0 aromatic heterocycles. The largest absolute Gasteiger partial charge is 0.462 e. The van der Waals surface area contributed by atoms with Gasteiger partial charge in [0.2, 0.25) is 0 Å². The summed E-state index contributed by atoms with van der Waals surface area (Å²) in [4.78, 5) is 23.4. The van der Waals surface area contributed by atoms with Gasteiger partial charge < -0.3 is 9.47 Å². The summed E-state index contributed by atoms with van der Waals surface area (Å²) >= 11 is 0. The molecule has 0 aliphatic heterocycles. The van der Waals surface area contributed by atoms with E-state index in [1.54, 1.807) is 0 Å². The van der Waals surface area contributed by atoms with Crippen LogP contribution in [0.15, 0.2) is 12.1 Å². The summed E-state index contributed by atoms with van der Waals surface area (Å²) in [5.74, 6) is 2.26. The van der Waals surface area contributed by atoms with Gasteiger partial charge in [-0.2, -0.15) is 0 Å². The van der Waals surface area contributed by atoms with E-state index in [4.69, 9.17) is 9.47 Å². The van der Waals surface area contributed by atoms with Gasteiger partial charge >= 0.3 is 11.9 Å². The number of esters is 2. The predicted octanol–water partition coefficient (Wildman–Crippen LogP) is 4.94. The molecule has 3 aliphatic carbocycles. The van der Waals surface area contributed by atoms with Crippen LogP contribution >= 0.6 is 0 Å². The highest BCUT2D eigenvalue weighted by Gasteiger charge is 2.56. The molecular formula is C25H36O4Si. The Balaban J connectivity index is 1.69. The maximum absolute atomic E-state index is 11.7. The van der Waals surface area contributed by atoms with E-state index in [0.717, 1.165) is 37.9 Å². The summed E-state index contributed by atoms with van der Waals surface area (Å²) < 4.78 is 11.4. The van der Waals surface area contributed by atoms with Crippen molar-refractivity contribution in [2.45, 2.75) is 91.0 Å². The van der Waals surface area contributed by atoms with E-state index in [0.29, 0.717) is 17.8 Å². The number of carbonyl (C=O) groups is 2. The molecule has 1 aromatic rings. The molecule has 0 heterocycles. The third-order valence-corrected chi connectivity index (χ3v) is 10.1. The zero-order valence-corrected chi connectivity index (χ0v) is 20.3. The average Bonchev–Trinajstić information content (AvgIpc) is 2.95. The predicted molar refractivity (Wildman–Crippen MR) is 121 cm³/mol. The fourth-order valence-electron chi connectivity index (χ4n) is 6.77. The molecule has 4 nitrogen and oxygen atoms in total. The monoisotopic (exact) mass is 428 g/mol. The van der Waals surface area contributed by atoms with Crippen molar-refractivity contribution in [2.75, 3.05) is 0 Å². The number of ether oxygens (including phenoxy) is 2. The van der Waals surface area contributed by atoms with Crippen LogP contribution in [0, 0.1) is 17.3 Å². The van der Waals surface area contributed by atoms with Gasteiger partial charge in [-0.15, -0.1) is 0 Å². The van der Waals surface area contributed by atoms with Crippen molar-refractivity contribution in [1.29, 1.82) is 0 Å². The van der Waals surface area contributed by atoms with Crippen molar-refractivity contribution < 1.29 is 19.1 Å². The molecule has 4 rings (SSSR count). The Bertz CT molecular complexity index is 871. The molecule has 0 N–H and O–H groups in total. The first-order valence-electron chi connectivity index (χ1n) is 11.5. The molecular weight excluding hydrogens is 392 g/mol. The number of rotatable bonds is 3. The van der Waals surface area contributed by atoms with Crippen LogP contribution in [0.5, 0.6) is 5.75 Å². The number of benzene rings is 1. The maximum Gasteiger partial charge on any atom is 0.308 e. The molecule has 5 atom stereocenters. The standard InChI is InChI=1S/C25H36O4Si/c1-15(26)28-22-13-17-7-8-19-18(20(17)14-23(22)30(4,5)6)11-12-25(3)21(19)9-10-24(25)29-16(2)27/h13-14,18-19,21,24H,7-12H2,1-6H3/t18-,19+,21-,24-,25-/m0/s1. The highest BCUT2D eigenvalue weighted by atomic mass is 28.3. The number of hydrogen-bond donors (Lipinski definition) is 0. The van der Waals surface area contributed by atoms with E-state index < -0.39 is 8.07 Å². The fraction of sp³-hybridized carbons (Fsp3) is 0.680. The minimum atomic E-state index is -1.67. The lowest BCUT2D eigenvalue weighted by molar-refractivity contribution is -0.154. The lowest BCUT2D eigenvalue weighted by Crippen LogP contribution is -2.46. The molecule has 1 aromatic carbocycles. The van der Waals surface area contributed by atoms with Crippen LogP contribution < -0.4 is 9.92 Å². The first kappa shape index (κ1) is 21.6. The van der Waals surface area contributed by atoms with Crippen LogP contribution in [0.4, 0.5) is 0 Å². The maximum atomic E-state index is 11.7. The van der Waals surface area contributed by atoms with Gasteiger partial charge in [0, 0.05) is 19.3 Å². The fourth-order valence-corrected chi connectivity index (χ4v) is 8.22. The van der Waals surface area contributed by atoms with Crippen LogP contribution in [0.2, 0.25) is 19.6 Å². The van der Waals surface area contributed by atoms with Gasteiger partial charge in [0.15, 0.2) is 0 Å². The second-order valence-corrected chi connectivity index (χ2v) is 16.1. The van der Waals surface area contributed by atoms with Gasteiger partial charge in [0.25, 0.3) is 0 Å². The normalized spacial score (nSPS) is 32.6. The van der Waals surface area contributed by atoms with E-state index in [1.807, 2.05) is 0 Å². The summed E-state index contributed by atoms with van der Waals surface area (Å²) in [6.45, 7) is 12.4. The van der Waals surface area contributed by atoms with Gasteiger partial charge in [-0.3, -0.25) is 9.59 Å². The summed E-state index contributed by atoms with van der Waals surface area (Å²) in [6, 6.07) is 4.57. The Labute approximate surface area is 181 Å². The van der Waals surface area contributed by atoms with Crippen LogP contribution in [-0.2, 0) is 20.7 Å². The molecule has 0 spiro atoms. The van der Waals surface area contributed by atoms with Gasteiger partial charge in [0.1, 0.15) is 11.9 Å². The quantitative estimate of drug-likeness (QED) is 0.388. The third kappa shape index (κ3) is 3.63. The number of carbonyl (C=O) groups excluding carboxylic acids is 2. The Morgan fingerprint density at radius 3 is 2.40 bits per heavy atom. The lowest BCUT2D eigenvalue weighted by Gasteiger charge is -2.50. The third-order valence-electron chi connectivity index (χ3n) is 8.11. The lowest BCUT2D eigenvalue weighted by atomic mass is 9.55. The molecule has 5 heteroatoms. The van der Waals surface area contributed by atoms with E-state index in [9.17, 15) is 9.59 Å². The number of fused-ring (bicyclic) bond motifs is 5. The van der Waals surface area contributed by atoms with Crippen molar-refractivity contribution in [3.05, 3.63) is 23.3 Å². The molecule has 164 valence electrons. The van der Waals surface area contributed by atoms with Crippen LogP contribution in [-0.4, -0.2) is 26.1 Å². The summed E-state index contributed by atoms with van der Waals surface area (Å²) in [7, 11) is -1.67. The smallest absolute Gasteiger partial charge is 0.308 e. The van der Waals surface area contributed by atoms with Gasteiger partial charge in [0.05, 0.1) is 8.07 Å². The zero-order chi connectivity index (χ0) is 21.8. The van der Waals surface area contributed by atoms with Crippen molar-refractivity contribution >= 4 is 25.2 Å². The molecule has 2 fully saturated rings. The Morgan fingerprint density at radius 1 is 1.03 bits per heavy atom. The highest BCUT2D eigenvalue weighted by Crippen LogP contribution is 2.61. The van der Waals surface area contributed by atoms with Crippen molar-refractivity contribution in [3.63, 3.8) is 0 Å². The Kier molecular flexibility index (Phi) is 5.40. The van der Waals surface area contributed by atoms with Crippen LogP contribution in [0.25, 0.3) is 0 Å². The SMILES string of the molecule is CC(=O)Oc1cc2c(cc1[Si](C)(C)C)[C@H]1CC[C@]3(C)[C@@H](OC(C)=O)CC[C@H]3[C@@H]1CC2. The summed E-state index contributed by atoms with van der Waals surface area (Å²) in [5, 5.41) is 1.26. The number of aryl methyl sites for hydroxylation is 1. The van der Waals surface area contributed by atoms with Gasteiger partial charge in [-0.05, 0) is 78.7 Å². The van der Waals surface area contributed by atoms with Crippen molar-refractivity contribution in [3.8, 4) is 5.75 Å². The van der Waals surface area contributed by atoms with Gasteiger partial charge in [-0.1, -0.05) is 32.6 Å². The summed E-state index contributed by atoms with van der Waals surface area (Å²) in [6.07, 6.45) is 6.73. The molecule has 0 radical (unpaired) electrons. The molecule has 3 aliphatic rings. The van der Waals surface area contributed by atoms with Gasteiger partial charge in [-0.25, -0.2) is 0 Å². The Morgan fingerprint density at radius 2 is 1.77 bits per heavy atom. The minimum Gasteiger partial charge on any atom is -0.462 e. The highest BCUT2D eigenvalue weighted by molar-refractivity contribution is 6.89. The second kappa shape index (κ2) is 7.51. The minimum absolute atomic E-state index is 0.0752. The molecule has 0 saturated heterocycles. The van der Waals surface area contributed by atoms with E-state index in [-0.39, 0.29) is 23.5 Å². The number of hydrogen-bond acceptors (Lipinski definition) is 4.